The molecule has 0 unspecified atom stereocenters. The number of hydrogen-bond acceptors (Lipinski definition) is 6. The van der Waals surface area contributed by atoms with E-state index in [1.807, 2.05) is 47.5 Å². The fourth-order valence-corrected chi connectivity index (χ4v) is 3.79. The maximum absolute atomic E-state index is 12.8. The number of amides is 1. The first-order chi connectivity index (χ1) is 12.1. The van der Waals surface area contributed by atoms with Gasteiger partial charge in [-0.15, -0.1) is 22.7 Å². The molecule has 4 aromatic rings. The summed E-state index contributed by atoms with van der Waals surface area (Å²) >= 11 is 2.98. The van der Waals surface area contributed by atoms with Gasteiger partial charge in [0.05, 0.1) is 27.7 Å². The van der Waals surface area contributed by atoms with E-state index >= 15 is 0 Å². The van der Waals surface area contributed by atoms with Gasteiger partial charge < -0.3 is 0 Å². The number of thiazole rings is 1. The number of nitrogens with zero attached hydrogens (tertiary/aromatic N) is 4. The molecule has 6 nitrogen and oxygen atoms in total. The van der Waals surface area contributed by atoms with Crippen LogP contribution in [0.2, 0.25) is 0 Å². The average Bonchev–Trinajstić information content (AvgIpc) is 3.34. The van der Waals surface area contributed by atoms with Crippen molar-refractivity contribution >= 4 is 44.7 Å². The molecular weight excluding hydrogens is 354 g/mol. The van der Waals surface area contributed by atoms with Crippen molar-refractivity contribution in [1.29, 1.82) is 0 Å². The van der Waals surface area contributed by atoms with Gasteiger partial charge in [-0.2, -0.15) is 5.10 Å². The summed E-state index contributed by atoms with van der Waals surface area (Å²) in [6.45, 7) is 4.09. The van der Waals surface area contributed by atoms with Gasteiger partial charge >= 0.3 is 0 Å². The van der Waals surface area contributed by atoms with Crippen LogP contribution in [0.3, 0.4) is 0 Å². The van der Waals surface area contributed by atoms with Crippen molar-refractivity contribution < 1.29 is 4.79 Å². The molecule has 1 amide bonds. The first-order valence-electron chi connectivity index (χ1n) is 7.76. The third-order valence-corrected chi connectivity index (χ3v) is 5.31. The molecule has 0 atom stereocenters. The van der Waals surface area contributed by atoms with E-state index in [0.717, 1.165) is 16.0 Å². The minimum atomic E-state index is -0.205. The highest BCUT2D eigenvalue weighted by atomic mass is 32.1. The van der Waals surface area contributed by atoms with Gasteiger partial charge in [0.15, 0.2) is 10.8 Å². The third-order valence-electron chi connectivity index (χ3n) is 3.73. The first-order valence-corrected chi connectivity index (χ1v) is 9.52. The lowest BCUT2D eigenvalue weighted by atomic mass is 10.1. The van der Waals surface area contributed by atoms with Crippen LogP contribution >= 0.6 is 22.7 Å². The molecule has 25 heavy (non-hydrogen) atoms. The zero-order chi connectivity index (χ0) is 17.4. The van der Waals surface area contributed by atoms with Crippen LogP contribution < -0.4 is 5.32 Å². The van der Waals surface area contributed by atoms with Crippen LogP contribution in [0.25, 0.3) is 21.6 Å². The van der Waals surface area contributed by atoms with E-state index in [-0.39, 0.29) is 11.9 Å². The lowest BCUT2D eigenvalue weighted by Crippen LogP contribution is -2.13. The third kappa shape index (κ3) is 2.94. The van der Waals surface area contributed by atoms with E-state index in [2.05, 4.69) is 15.4 Å². The quantitative estimate of drug-likeness (QED) is 0.577. The molecule has 0 saturated carbocycles. The fraction of sp³-hybridized carbons (Fsp3) is 0.176. The number of thiophene rings is 1. The molecule has 0 bridgehead atoms. The Balaban J connectivity index is 1.88. The van der Waals surface area contributed by atoms with Gasteiger partial charge in [0.2, 0.25) is 0 Å². The molecule has 0 saturated heterocycles. The summed E-state index contributed by atoms with van der Waals surface area (Å²) < 4.78 is 1.84. The van der Waals surface area contributed by atoms with Crippen molar-refractivity contribution in [2.24, 2.45) is 0 Å². The summed E-state index contributed by atoms with van der Waals surface area (Å²) in [5, 5.41) is 12.4. The predicted octanol–water partition coefficient (Wildman–Crippen LogP) is 4.45. The van der Waals surface area contributed by atoms with Crippen LogP contribution in [-0.2, 0) is 0 Å². The first kappa shape index (κ1) is 15.9. The molecule has 126 valence electrons. The summed E-state index contributed by atoms with van der Waals surface area (Å²) in [6, 6.07) is 5.94. The molecule has 0 aliphatic carbocycles. The van der Waals surface area contributed by atoms with Gasteiger partial charge in [0.25, 0.3) is 5.91 Å². The second-order valence-electron chi connectivity index (χ2n) is 5.74. The van der Waals surface area contributed by atoms with E-state index in [1.165, 1.54) is 11.3 Å². The van der Waals surface area contributed by atoms with Crippen molar-refractivity contribution in [3.8, 4) is 10.6 Å². The molecule has 0 fully saturated rings. The number of pyridine rings is 1. The number of fused-ring (bicyclic) bond motifs is 1. The number of aromatic nitrogens is 4. The molecule has 0 aliphatic rings. The van der Waals surface area contributed by atoms with Crippen LogP contribution in [0.15, 0.2) is 41.4 Å². The van der Waals surface area contributed by atoms with Gasteiger partial charge in [0.1, 0.15) is 0 Å². The van der Waals surface area contributed by atoms with Crippen molar-refractivity contribution in [2.75, 3.05) is 5.32 Å². The summed E-state index contributed by atoms with van der Waals surface area (Å²) in [5.41, 5.74) is 2.04. The highest BCUT2D eigenvalue weighted by molar-refractivity contribution is 7.14. The number of nitrogens with one attached hydrogen (secondary N) is 1. The Morgan fingerprint density at radius 3 is 2.84 bits per heavy atom. The van der Waals surface area contributed by atoms with E-state index in [9.17, 15) is 4.79 Å². The second kappa shape index (κ2) is 6.38. The number of hydrogen-bond donors (Lipinski definition) is 1. The largest absolute Gasteiger partial charge is 0.298 e. The zero-order valence-corrected chi connectivity index (χ0v) is 15.3. The lowest BCUT2D eigenvalue weighted by Gasteiger charge is -2.09. The Hall–Kier alpha value is -2.58. The number of anilines is 1. The Bertz CT molecular complexity index is 1020. The number of carbonyl (C=O) groups is 1. The molecule has 0 spiro atoms. The molecule has 0 aromatic carbocycles. The van der Waals surface area contributed by atoms with E-state index < -0.39 is 0 Å². The number of rotatable bonds is 4. The molecule has 0 aliphatic heterocycles. The molecule has 4 rings (SSSR count). The van der Waals surface area contributed by atoms with Gasteiger partial charge in [0, 0.05) is 17.6 Å². The topological polar surface area (TPSA) is 72.7 Å². The summed E-state index contributed by atoms with van der Waals surface area (Å²) in [5.74, 6) is -0.205. The minimum Gasteiger partial charge on any atom is -0.298 e. The van der Waals surface area contributed by atoms with Gasteiger partial charge in [-0.05, 0) is 31.4 Å². The highest BCUT2D eigenvalue weighted by Crippen LogP contribution is 2.29. The van der Waals surface area contributed by atoms with Crippen LogP contribution in [0.1, 0.15) is 30.2 Å². The van der Waals surface area contributed by atoms with Crippen LogP contribution in [-0.4, -0.2) is 25.7 Å². The Morgan fingerprint density at radius 2 is 2.16 bits per heavy atom. The molecule has 8 heteroatoms. The summed E-state index contributed by atoms with van der Waals surface area (Å²) in [6.07, 6.45) is 3.37. The average molecular weight is 369 g/mol. The molecule has 1 N–H and O–H groups in total. The van der Waals surface area contributed by atoms with Gasteiger partial charge in [-0.1, -0.05) is 6.07 Å². The molecule has 4 heterocycles. The normalized spacial score (nSPS) is 11.3. The molecular formula is C17H15N5OS2. The van der Waals surface area contributed by atoms with E-state index in [1.54, 1.807) is 23.7 Å². The minimum absolute atomic E-state index is 0.151. The van der Waals surface area contributed by atoms with E-state index in [0.29, 0.717) is 16.3 Å². The van der Waals surface area contributed by atoms with Crippen molar-refractivity contribution in [2.45, 2.75) is 19.9 Å². The Morgan fingerprint density at radius 1 is 1.28 bits per heavy atom. The maximum atomic E-state index is 12.8. The zero-order valence-electron chi connectivity index (χ0n) is 13.6. The van der Waals surface area contributed by atoms with Crippen LogP contribution in [0.4, 0.5) is 5.13 Å². The Labute approximate surface area is 152 Å². The second-order valence-corrected chi connectivity index (χ2v) is 7.59. The SMILES string of the molecule is CC(C)n1ncc2c(C(=O)Nc3nccs3)cc(-c3cccs3)nc21. The van der Waals surface area contributed by atoms with Crippen LogP contribution in [0, 0.1) is 0 Å². The smallest absolute Gasteiger partial charge is 0.258 e. The molecule has 4 aromatic heterocycles. The van der Waals surface area contributed by atoms with Crippen molar-refractivity contribution in [1.82, 2.24) is 19.7 Å². The highest BCUT2D eigenvalue weighted by Gasteiger charge is 2.19. The monoisotopic (exact) mass is 369 g/mol. The number of carbonyl (C=O) groups excluding carboxylic acids is 1. The lowest BCUT2D eigenvalue weighted by molar-refractivity contribution is 0.102. The fourth-order valence-electron chi connectivity index (χ4n) is 2.58. The Kier molecular flexibility index (Phi) is 4.06. The maximum Gasteiger partial charge on any atom is 0.258 e. The van der Waals surface area contributed by atoms with Crippen molar-refractivity contribution in [3.63, 3.8) is 0 Å². The van der Waals surface area contributed by atoms with Crippen LogP contribution in [0.5, 0.6) is 0 Å². The van der Waals surface area contributed by atoms with Gasteiger partial charge in [-0.25, -0.2) is 14.6 Å². The predicted molar refractivity (Wildman–Crippen MR) is 101 cm³/mol. The summed E-state index contributed by atoms with van der Waals surface area (Å²) in [4.78, 5) is 22.7. The summed E-state index contributed by atoms with van der Waals surface area (Å²) in [7, 11) is 0. The van der Waals surface area contributed by atoms with Crippen molar-refractivity contribution in [3.05, 3.63) is 46.9 Å². The van der Waals surface area contributed by atoms with Gasteiger partial charge in [-0.3, -0.25) is 10.1 Å². The van der Waals surface area contributed by atoms with E-state index in [4.69, 9.17) is 4.98 Å². The molecule has 0 radical (unpaired) electrons. The standard InChI is InChI=1S/C17H15N5OS2/c1-10(2)22-15-12(9-19-22)11(16(23)21-17-18-5-7-25-17)8-13(20-15)14-4-3-6-24-14/h3-10H,1-2H3,(H,18,21,23).